The predicted molar refractivity (Wildman–Crippen MR) is 111 cm³/mol. The van der Waals surface area contributed by atoms with Crippen LogP contribution in [0.5, 0.6) is 0 Å². The van der Waals surface area contributed by atoms with Gasteiger partial charge in [0.2, 0.25) is 5.95 Å². The molecule has 0 radical (unpaired) electrons. The summed E-state index contributed by atoms with van der Waals surface area (Å²) in [7, 11) is 0. The summed E-state index contributed by atoms with van der Waals surface area (Å²) in [4.78, 5) is 2.39. The molecule has 0 N–H and O–H groups in total. The molecule has 5 rings (SSSR count). The van der Waals surface area contributed by atoms with Crippen LogP contribution in [0.2, 0.25) is 5.02 Å². The van der Waals surface area contributed by atoms with E-state index >= 15 is 0 Å². The Bertz CT molecular complexity index is 944. The first-order chi connectivity index (χ1) is 13.8. The van der Waals surface area contributed by atoms with Gasteiger partial charge in [-0.15, -0.1) is 10.2 Å². The first kappa shape index (κ1) is 18.1. The van der Waals surface area contributed by atoms with E-state index in [0.29, 0.717) is 16.8 Å². The van der Waals surface area contributed by atoms with E-state index in [4.69, 9.17) is 16.1 Å². The van der Waals surface area contributed by atoms with Gasteiger partial charge < -0.3 is 9.42 Å². The fraction of sp³-hybridized carbons (Fsp3) is 0.450. The van der Waals surface area contributed by atoms with Crippen molar-refractivity contribution >= 4 is 29.3 Å². The molecule has 2 aromatic heterocycles. The lowest BCUT2D eigenvalue weighted by Crippen LogP contribution is -2.31. The quantitative estimate of drug-likeness (QED) is 0.515. The Kier molecular flexibility index (Phi) is 5.03. The van der Waals surface area contributed by atoms with Crippen LogP contribution in [0.15, 0.2) is 40.0 Å². The zero-order valence-electron chi connectivity index (χ0n) is 15.6. The molecule has 1 saturated heterocycles. The van der Waals surface area contributed by atoms with Crippen LogP contribution in [-0.4, -0.2) is 33.0 Å². The normalized spacial score (nSPS) is 17.2. The number of nitrogens with zero attached hydrogens (tertiary/aromatic N) is 5. The van der Waals surface area contributed by atoms with E-state index < -0.39 is 0 Å². The molecule has 0 spiro atoms. The average Bonchev–Trinajstić information content (AvgIpc) is 3.30. The van der Waals surface area contributed by atoms with Crippen LogP contribution in [0, 0.1) is 0 Å². The van der Waals surface area contributed by atoms with Gasteiger partial charge in [-0.2, -0.15) is 0 Å². The summed E-state index contributed by atoms with van der Waals surface area (Å²) < 4.78 is 7.88. The predicted octanol–water partition coefficient (Wildman–Crippen LogP) is 5.20. The van der Waals surface area contributed by atoms with E-state index in [9.17, 15) is 0 Å². The van der Waals surface area contributed by atoms with Crippen LogP contribution in [0.4, 0.5) is 5.95 Å². The number of hydrogen-bond donors (Lipinski definition) is 0. The molecule has 1 aliphatic carbocycles. The van der Waals surface area contributed by atoms with E-state index in [0.717, 1.165) is 41.2 Å². The molecule has 28 heavy (non-hydrogen) atoms. The Hall–Kier alpha value is -1.99. The van der Waals surface area contributed by atoms with Gasteiger partial charge in [0, 0.05) is 35.8 Å². The van der Waals surface area contributed by atoms with Crippen molar-refractivity contribution in [3.05, 3.63) is 41.1 Å². The topological polar surface area (TPSA) is 60.0 Å². The van der Waals surface area contributed by atoms with E-state index in [1.807, 2.05) is 30.3 Å². The van der Waals surface area contributed by atoms with Gasteiger partial charge in [0.25, 0.3) is 0 Å². The van der Waals surface area contributed by atoms with Crippen LogP contribution in [0.1, 0.15) is 43.9 Å². The molecule has 1 aromatic carbocycles. The fourth-order valence-corrected chi connectivity index (χ4v) is 4.60. The molecular weight excluding hydrogens is 394 g/mol. The van der Waals surface area contributed by atoms with Crippen molar-refractivity contribution in [2.24, 2.45) is 0 Å². The second-order valence-electron chi connectivity index (χ2n) is 7.41. The minimum absolute atomic E-state index is 0.550. The van der Waals surface area contributed by atoms with E-state index in [-0.39, 0.29) is 0 Å². The number of piperidine rings is 1. The smallest absolute Gasteiger partial charge is 0.228 e. The molecule has 0 atom stereocenters. The second kappa shape index (κ2) is 7.79. The Morgan fingerprint density at radius 1 is 1.07 bits per heavy atom. The fourth-order valence-electron chi connectivity index (χ4n) is 3.60. The van der Waals surface area contributed by atoms with Crippen molar-refractivity contribution in [1.29, 1.82) is 0 Å². The minimum Gasteiger partial charge on any atom is -0.360 e. The van der Waals surface area contributed by atoms with E-state index in [1.54, 1.807) is 11.8 Å². The molecular formula is C20H22ClN5OS. The van der Waals surface area contributed by atoms with Crippen molar-refractivity contribution < 1.29 is 4.52 Å². The zero-order chi connectivity index (χ0) is 18.9. The maximum Gasteiger partial charge on any atom is 0.228 e. The van der Waals surface area contributed by atoms with Gasteiger partial charge in [0.05, 0.1) is 5.75 Å². The van der Waals surface area contributed by atoms with Crippen molar-refractivity contribution in [2.75, 3.05) is 18.0 Å². The molecule has 0 amide bonds. The van der Waals surface area contributed by atoms with Crippen molar-refractivity contribution in [3.63, 3.8) is 0 Å². The van der Waals surface area contributed by atoms with Gasteiger partial charge in [0.15, 0.2) is 5.16 Å². The van der Waals surface area contributed by atoms with E-state index in [2.05, 4.69) is 24.8 Å². The molecule has 3 aromatic rings. The molecule has 1 aliphatic heterocycles. The standard InChI is InChI=1S/C20H22ClN5OS/c21-15-6-4-14(5-7-15)18-12-17(27-24-18)13-28-20-23-22-19(26(20)16-8-9-16)25-10-2-1-3-11-25/h4-7,12,16H,1-3,8-11,13H2. The van der Waals surface area contributed by atoms with Gasteiger partial charge in [-0.25, -0.2) is 0 Å². The van der Waals surface area contributed by atoms with Crippen molar-refractivity contribution in [3.8, 4) is 11.3 Å². The molecule has 8 heteroatoms. The minimum atomic E-state index is 0.550. The molecule has 2 aliphatic rings. The third kappa shape index (κ3) is 3.78. The number of thioether (sulfide) groups is 1. The second-order valence-corrected chi connectivity index (χ2v) is 8.78. The number of anilines is 1. The highest BCUT2D eigenvalue weighted by atomic mass is 35.5. The number of hydrogen-bond acceptors (Lipinski definition) is 6. The number of rotatable bonds is 6. The maximum atomic E-state index is 5.96. The van der Waals surface area contributed by atoms with Crippen LogP contribution in [0.25, 0.3) is 11.3 Å². The summed E-state index contributed by atoms with van der Waals surface area (Å²) >= 11 is 7.63. The van der Waals surface area contributed by atoms with Crippen LogP contribution in [0.3, 0.4) is 0 Å². The molecule has 146 valence electrons. The zero-order valence-corrected chi connectivity index (χ0v) is 17.1. The Labute approximate surface area is 173 Å². The molecule has 0 unspecified atom stereocenters. The summed E-state index contributed by atoms with van der Waals surface area (Å²) in [5.74, 6) is 2.56. The van der Waals surface area contributed by atoms with E-state index in [1.165, 1.54) is 32.1 Å². The van der Waals surface area contributed by atoms with Gasteiger partial charge in [-0.05, 0) is 44.2 Å². The van der Waals surface area contributed by atoms with Gasteiger partial charge in [-0.1, -0.05) is 40.7 Å². The third-order valence-corrected chi connectivity index (χ3v) is 6.46. The first-order valence-electron chi connectivity index (χ1n) is 9.82. The summed E-state index contributed by atoms with van der Waals surface area (Å²) in [6.07, 6.45) is 6.24. The Morgan fingerprint density at radius 2 is 1.86 bits per heavy atom. The monoisotopic (exact) mass is 415 g/mol. The third-order valence-electron chi connectivity index (χ3n) is 5.24. The molecule has 0 bridgehead atoms. The highest BCUT2D eigenvalue weighted by molar-refractivity contribution is 7.98. The largest absolute Gasteiger partial charge is 0.360 e. The first-order valence-corrected chi connectivity index (χ1v) is 11.2. The Morgan fingerprint density at radius 3 is 2.61 bits per heavy atom. The molecule has 6 nitrogen and oxygen atoms in total. The highest BCUT2D eigenvalue weighted by Gasteiger charge is 2.32. The average molecular weight is 416 g/mol. The highest BCUT2D eigenvalue weighted by Crippen LogP contribution is 2.41. The molecule has 1 saturated carbocycles. The van der Waals surface area contributed by atoms with Crippen molar-refractivity contribution in [1.82, 2.24) is 19.9 Å². The number of halogens is 1. The van der Waals surface area contributed by atoms with Gasteiger partial charge in [0.1, 0.15) is 11.5 Å². The maximum absolute atomic E-state index is 5.96. The SMILES string of the molecule is Clc1ccc(-c2cc(CSc3nnc(N4CCCCC4)n3C3CC3)on2)cc1. The van der Waals surface area contributed by atoms with Gasteiger partial charge in [-0.3, -0.25) is 4.57 Å². The molecule has 2 fully saturated rings. The summed E-state index contributed by atoms with van der Waals surface area (Å²) in [6, 6.07) is 10.2. The molecule has 3 heterocycles. The number of aromatic nitrogens is 4. The summed E-state index contributed by atoms with van der Waals surface area (Å²) in [5.41, 5.74) is 1.82. The lowest BCUT2D eigenvalue weighted by Gasteiger charge is -2.27. The summed E-state index contributed by atoms with van der Waals surface area (Å²) in [6.45, 7) is 2.17. The lowest BCUT2D eigenvalue weighted by atomic mass is 10.1. The lowest BCUT2D eigenvalue weighted by molar-refractivity contribution is 0.397. The summed E-state index contributed by atoms with van der Waals surface area (Å²) in [5, 5.41) is 14.9. The van der Waals surface area contributed by atoms with Crippen molar-refractivity contribution in [2.45, 2.75) is 49.1 Å². The van der Waals surface area contributed by atoms with Crippen LogP contribution < -0.4 is 4.90 Å². The Balaban J connectivity index is 1.30. The van der Waals surface area contributed by atoms with Crippen LogP contribution in [-0.2, 0) is 5.75 Å². The van der Waals surface area contributed by atoms with Crippen LogP contribution >= 0.6 is 23.4 Å². The van der Waals surface area contributed by atoms with Gasteiger partial charge >= 0.3 is 0 Å². The number of benzene rings is 1.